The molecule has 1 rings (SSSR count). The van der Waals surface area contributed by atoms with Crippen molar-refractivity contribution in [1.29, 1.82) is 0 Å². The molecule has 0 aromatic carbocycles. The predicted octanol–water partition coefficient (Wildman–Crippen LogP) is 0.832. The van der Waals surface area contributed by atoms with Gasteiger partial charge < -0.3 is 5.11 Å². The highest BCUT2D eigenvalue weighted by Crippen LogP contribution is 2.13. The number of rotatable bonds is 4. The number of carboxylic acids is 1. The van der Waals surface area contributed by atoms with E-state index >= 15 is 0 Å². The molecule has 0 spiro atoms. The van der Waals surface area contributed by atoms with Gasteiger partial charge in [0.2, 0.25) is 0 Å². The van der Waals surface area contributed by atoms with Crippen molar-refractivity contribution in [3.63, 3.8) is 0 Å². The van der Waals surface area contributed by atoms with E-state index in [0.717, 1.165) is 0 Å². The van der Waals surface area contributed by atoms with Gasteiger partial charge in [-0.25, -0.2) is 0 Å². The summed E-state index contributed by atoms with van der Waals surface area (Å²) < 4.78 is 0. The lowest BCUT2D eigenvalue weighted by Crippen LogP contribution is -2.07. The molecule has 0 radical (unpaired) electrons. The maximum atomic E-state index is 10.4. The lowest BCUT2D eigenvalue weighted by Gasteiger charge is -2.02. The quantitative estimate of drug-likeness (QED) is 0.775. The highest BCUT2D eigenvalue weighted by molar-refractivity contribution is 5.67. The Balaban J connectivity index is 2.71. The molecule has 0 aliphatic carbocycles. The Morgan fingerprint density at radius 3 is 2.57 bits per heavy atom. The highest BCUT2D eigenvalue weighted by atomic mass is 16.4. The third-order valence-electron chi connectivity index (χ3n) is 1.83. The molecule has 0 aliphatic rings. The van der Waals surface area contributed by atoms with E-state index in [0.29, 0.717) is 5.82 Å². The second kappa shape index (κ2) is 4.17. The summed E-state index contributed by atoms with van der Waals surface area (Å²) in [6.07, 6.45) is 0.0315. The third-order valence-corrected chi connectivity index (χ3v) is 1.83. The summed E-state index contributed by atoms with van der Waals surface area (Å²) in [5, 5.41) is 20.3. The predicted molar refractivity (Wildman–Crippen MR) is 48.9 cm³/mol. The largest absolute Gasteiger partial charge is 0.481 e. The number of aromatic nitrogens is 4. The van der Waals surface area contributed by atoms with Gasteiger partial charge in [0.15, 0.2) is 5.82 Å². The number of nitrogens with zero attached hydrogens (tertiary/aromatic N) is 4. The van der Waals surface area contributed by atoms with Crippen LogP contribution < -0.4 is 0 Å². The summed E-state index contributed by atoms with van der Waals surface area (Å²) in [7, 11) is 0. The zero-order chi connectivity index (χ0) is 10.7. The Kier molecular flexibility index (Phi) is 3.16. The Morgan fingerprint density at radius 2 is 2.14 bits per heavy atom. The van der Waals surface area contributed by atoms with E-state index in [2.05, 4.69) is 15.4 Å². The van der Waals surface area contributed by atoms with E-state index in [1.165, 1.54) is 4.80 Å². The minimum atomic E-state index is -0.849. The number of tetrazole rings is 1. The van der Waals surface area contributed by atoms with Crippen molar-refractivity contribution in [3.8, 4) is 0 Å². The van der Waals surface area contributed by atoms with Crippen LogP contribution in [0, 0.1) is 0 Å². The molecule has 0 aliphatic heterocycles. The van der Waals surface area contributed by atoms with E-state index in [-0.39, 0.29) is 18.4 Å². The van der Waals surface area contributed by atoms with Crippen molar-refractivity contribution in [2.75, 3.05) is 0 Å². The first-order chi connectivity index (χ1) is 6.50. The van der Waals surface area contributed by atoms with Crippen molar-refractivity contribution < 1.29 is 9.90 Å². The molecule has 0 fully saturated rings. The smallest absolute Gasteiger partial charge is 0.304 e. The van der Waals surface area contributed by atoms with E-state index in [4.69, 9.17) is 5.11 Å². The van der Waals surface area contributed by atoms with Crippen molar-refractivity contribution in [3.05, 3.63) is 5.82 Å². The Bertz CT molecular complexity index is 321. The van der Waals surface area contributed by atoms with Crippen LogP contribution in [0.3, 0.4) is 0 Å². The molecule has 1 atom stereocenters. The first kappa shape index (κ1) is 10.6. The van der Waals surface area contributed by atoms with Crippen LogP contribution in [0.5, 0.6) is 0 Å². The standard InChI is InChI=1S/C8H14N4O2/c1-5(2)12-10-8(9-11-12)6(3)4-7(13)14/h5-6H,4H2,1-3H3,(H,13,14). The molecule has 1 N–H and O–H groups in total. The third kappa shape index (κ3) is 2.51. The van der Waals surface area contributed by atoms with Gasteiger partial charge in [-0.3, -0.25) is 4.79 Å². The van der Waals surface area contributed by atoms with Crippen molar-refractivity contribution in [2.45, 2.75) is 39.2 Å². The first-order valence-corrected chi connectivity index (χ1v) is 4.52. The molecule has 14 heavy (non-hydrogen) atoms. The molecule has 6 nitrogen and oxygen atoms in total. The maximum Gasteiger partial charge on any atom is 0.304 e. The number of hydrogen-bond donors (Lipinski definition) is 1. The molecule has 0 amide bonds. The van der Waals surface area contributed by atoms with Crippen molar-refractivity contribution >= 4 is 5.97 Å². The molecule has 1 unspecified atom stereocenters. The van der Waals surface area contributed by atoms with Gasteiger partial charge in [0.05, 0.1) is 12.5 Å². The average molecular weight is 198 g/mol. The van der Waals surface area contributed by atoms with Crippen LogP contribution in [0.4, 0.5) is 0 Å². The average Bonchev–Trinajstić information content (AvgIpc) is 2.50. The normalized spacial score (nSPS) is 13.1. The number of carboxylic acid groups (broad SMARTS) is 1. The minimum absolute atomic E-state index is 0.0315. The van der Waals surface area contributed by atoms with Crippen LogP contribution in [0.2, 0.25) is 0 Å². The molecular weight excluding hydrogens is 184 g/mol. The lowest BCUT2D eigenvalue weighted by molar-refractivity contribution is -0.137. The summed E-state index contributed by atoms with van der Waals surface area (Å²) in [5.41, 5.74) is 0. The van der Waals surface area contributed by atoms with Crippen LogP contribution in [0.25, 0.3) is 0 Å². The summed E-state index contributed by atoms with van der Waals surface area (Å²) in [6.45, 7) is 5.65. The van der Waals surface area contributed by atoms with Gasteiger partial charge in [-0.15, -0.1) is 10.2 Å². The van der Waals surface area contributed by atoms with Gasteiger partial charge in [0.25, 0.3) is 0 Å². The Morgan fingerprint density at radius 1 is 1.50 bits per heavy atom. The van der Waals surface area contributed by atoms with E-state index in [1.807, 2.05) is 13.8 Å². The van der Waals surface area contributed by atoms with Gasteiger partial charge >= 0.3 is 5.97 Å². The van der Waals surface area contributed by atoms with Crippen LogP contribution in [0.15, 0.2) is 0 Å². The summed E-state index contributed by atoms with van der Waals surface area (Å²) in [5.74, 6) is -0.556. The summed E-state index contributed by atoms with van der Waals surface area (Å²) >= 11 is 0. The van der Waals surface area contributed by atoms with Crippen molar-refractivity contribution in [1.82, 2.24) is 20.2 Å². The fraction of sp³-hybridized carbons (Fsp3) is 0.750. The van der Waals surface area contributed by atoms with Gasteiger partial charge in [-0.1, -0.05) is 6.92 Å². The molecule has 78 valence electrons. The maximum absolute atomic E-state index is 10.4. The highest BCUT2D eigenvalue weighted by Gasteiger charge is 2.16. The molecule has 0 bridgehead atoms. The second-order valence-corrected chi connectivity index (χ2v) is 3.56. The van der Waals surface area contributed by atoms with E-state index in [9.17, 15) is 4.79 Å². The van der Waals surface area contributed by atoms with Gasteiger partial charge in [0.1, 0.15) is 0 Å². The van der Waals surface area contributed by atoms with Crippen LogP contribution in [0.1, 0.15) is 45.0 Å². The molecule has 0 saturated carbocycles. The number of carbonyl (C=O) groups is 1. The Labute approximate surface area is 81.9 Å². The van der Waals surface area contributed by atoms with E-state index in [1.54, 1.807) is 6.92 Å². The molecule has 6 heteroatoms. The second-order valence-electron chi connectivity index (χ2n) is 3.56. The summed E-state index contributed by atoms with van der Waals surface area (Å²) in [4.78, 5) is 11.9. The SMILES string of the molecule is CC(CC(=O)O)c1nnn(C(C)C)n1. The molecule has 1 heterocycles. The molecule has 1 aromatic heterocycles. The van der Waals surface area contributed by atoms with Gasteiger partial charge in [0, 0.05) is 5.92 Å². The number of hydrogen-bond acceptors (Lipinski definition) is 4. The minimum Gasteiger partial charge on any atom is -0.481 e. The number of aliphatic carboxylic acids is 1. The van der Waals surface area contributed by atoms with Gasteiger partial charge in [-0.05, 0) is 19.1 Å². The zero-order valence-corrected chi connectivity index (χ0v) is 8.51. The van der Waals surface area contributed by atoms with Crippen molar-refractivity contribution in [2.24, 2.45) is 0 Å². The fourth-order valence-corrected chi connectivity index (χ4v) is 1.01. The van der Waals surface area contributed by atoms with Crippen LogP contribution in [-0.4, -0.2) is 31.3 Å². The molecule has 1 aromatic rings. The monoisotopic (exact) mass is 198 g/mol. The Hall–Kier alpha value is -1.46. The topological polar surface area (TPSA) is 80.9 Å². The zero-order valence-electron chi connectivity index (χ0n) is 8.51. The van der Waals surface area contributed by atoms with Gasteiger partial charge in [-0.2, -0.15) is 4.80 Å². The molecule has 0 saturated heterocycles. The van der Waals surface area contributed by atoms with Crippen LogP contribution >= 0.6 is 0 Å². The lowest BCUT2D eigenvalue weighted by atomic mass is 10.1. The first-order valence-electron chi connectivity index (χ1n) is 4.52. The molecular formula is C8H14N4O2. The van der Waals surface area contributed by atoms with Crippen LogP contribution in [-0.2, 0) is 4.79 Å². The summed E-state index contributed by atoms with van der Waals surface area (Å²) in [6, 6.07) is 0.147. The van der Waals surface area contributed by atoms with E-state index < -0.39 is 5.97 Å². The fourth-order valence-electron chi connectivity index (χ4n) is 1.01.